The van der Waals surface area contributed by atoms with Crippen molar-refractivity contribution < 1.29 is 42.2 Å². The number of aryl methyl sites for hydroxylation is 1. The number of anilines is 3. The number of carbonyl (C=O) groups excluding carboxylic acids is 3. The Bertz CT molecular complexity index is 2960. The highest BCUT2D eigenvalue weighted by atomic mass is 35.5. The molecule has 18 nitrogen and oxygen atoms in total. The summed E-state index contributed by atoms with van der Waals surface area (Å²) < 4.78 is 37.5. The normalized spacial score (nSPS) is 19.1. The first-order chi connectivity index (χ1) is 32.1. The molecule has 1 atom stereocenters. The van der Waals surface area contributed by atoms with Crippen molar-refractivity contribution in [3.8, 4) is 16.2 Å². The van der Waals surface area contributed by atoms with E-state index < -0.39 is 34.5 Å². The van der Waals surface area contributed by atoms with Crippen LogP contribution in [0.3, 0.4) is 0 Å². The third kappa shape index (κ3) is 9.31. The number of ether oxygens (including phenoxy) is 1. The highest BCUT2D eigenvalue weighted by Gasteiger charge is 2.46. The second kappa shape index (κ2) is 18.5. The number of likely N-dealkylation sites (tertiary alicyclic amines) is 1. The first-order valence-corrected chi connectivity index (χ1v) is 25.0. The summed E-state index contributed by atoms with van der Waals surface area (Å²) in [6.07, 6.45) is 4.35. The summed E-state index contributed by atoms with van der Waals surface area (Å²) in [4.78, 5) is 79.0. The number of piperidine rings is 3. The number of sulfonamides is 1. The molecule has 5 aromatic rings. The predicted molar refractivity (Wildman–Crippen MR) is 254 cm³/mol. The zero-order valence-electron chi connectivity index (χ0n) is 36.7. The van der Waals surface area contributed by atoms with Gasteiger partial charge in [0, 0.05) is 86.2 Å². The van der Waals surface area contributed by atoms with Gasteiger partial charge >= 0.3 is 23.6 Å². The Hall–Kier alpha value is -6.09. The van der Waals surface area contributed by atoms with Crippen LogP contribution in [-0.2, 0) is 32.4 Å². The number of hydrogen-bond acceptors (Lipinski definition) is 12. The minimum Gasteiger partial charge on any atom is -0.479 e. The van der Waals surface area contributed by atoms with Gasteiger partial charge in [0.2, 0.25) is 16.6 Å². The van der Waals surface area contributed by atoms with Crippen LogP contribution in [0.15, 0.2) is 71.5 Å². The summed E-state index contributed by atoms with van der Waals surface area (Å²) >= 11 is 7.64. The number of halogens is 1. The number of thiophene rings is 1. The van der Waals surface area contributed by atoms with E-state index in [4.69, 9.17) is 21.4 Å². The first kappa shape index (κ1) is 46.0. The average molecular weight is 975 g/mol. The number of nitroso groups, excluding NO2 is 1. The summed E-state index contributed by atoms with van der Waals surface area (Å²) in [6.45, 7) is 2.92. The zero-order chi connectivity index (χ0) is 47.2. The number of nitrogens with zero attached hydrogens (tertiary/aromatic N) is 6. The molecule has 0 saturated carbocycles. The molecule has 4 fully saturated rings. The smallest absolute Gasteiger partial charge is 0.455 e. The lowest BCUT2D eigenvalue weighted by Crippen LogP contribution is -2.61. The highest BCUT2D eigenvalue weighted by Crippen LogP contribution is 2.46. The van der Waals surface area contributed by atoms with E-state index in [0.29, 0.717) is 95.6 Å². The molecule has 67 heavy (non-hydrogen) atoms. The van der Waals surface area contributed by atoms with Crippen LogP contribution in [0, 0.1) is 10.3 Å². The van der Waals surface area contributed by atoms with Crippen molar-refractivity contribution in [2.45, 2.75) is 56.4 Å². The molecule has 3 amide bonds. The molecule has 21 heteroatoms. The van der Waals surface area contributed by atoms with Gasteiger partial charge in [-0.15, -0.1) is 11.3 Å². The molecule has 0 radical (unpaired) electrons. The van der Waals surface area contributed by atoms with Gasteiger partial charge in [-0.25, -0.2) is 31.9 Å². The van der Waals surface area contributed by atoms with Crippen molar-refractivity contribution in [2.75, 3.05) is 68.0 Å². The Balaban J connectivity index is 0.746. The summed E-state index contributed by atoms with van der Waals surface area (Å²) in [5, 5.41) is 15.6. The number of rotatable bonds is 13. The van der Waals surface area contributed by atoms with E-state index in [-0.39, 0.29) is 51.1 Å². The molecule has 2 aromatic heterocycles. The fraction of sp³-hybridized carbons (Fsp3) is 0.413. The summed E-state index contributed by atoms with van der Waals surface area (Å²) in [7, 11) is -1.99. The molecule has 1 unspecified atom stereocenters. The first-order valence-electron chi connectivity index (χ1n) is 22.2. The van der Waals surface area contributed by atoms with Crippen LogP contribution in [0.2, 0.25) is 5.02 Å². The van der Waals surface area contributed by atoms with E-state index in [0.717, 1.165) is 48.6 Å². The van der Waals surface area contributed by atoms with Crippen LogP contribution in [-0.4, -0.2) is 119 Å². The van der Waals surface area contributed by atoms with E-state index >= 15 is 0 Å². The number of fused-ring (bicyclic) bond motifs is 1. The number of carboxylic acid groups (broad SMARTS) is 1. The fourth-order valence-electron chi connectivity index (χ4n) is 9.82. The summed E-state index contributed by atoms with van der Waals surface area (Å²) in [5.74, 6) is -1.95. The lowest BCUT2D eigenvalue weighted by atomic mass is 9.72. The summed E-state index contributed by atoms with van der Waals surface area (Å²) in [5.41, 5.74) is 4.60. The van der Waals surface area contributed by atoms with Gasteiger partial charge < -0.3 is 30.3 Å². The van der Waals surface area contributed by atoms with E-state index in [2.05, 4.69) is 15.5 Å². The molecule has 6 heterocycles. The van der Waals surface area contributed by atoms with Gasteiger partial charge in [-0.2, -0.15) is 0 Å². The Morgan fingerprint density at radius 3 is 2.43 bits per heavy atom. The van der Waals surface area contributed by atoms with Gasteiger partial charge in [0.1, 0.15) is 9.90 Å². The van der Waals surface area contributed by atoms with Gasteiger partial charge in [0.15, 0.2) is 24.7 Å². The van der Waals surface area contributed by atoms with Crippen LogP contribution in [0.5, 0.6) is 5.75 Å². The average Bonchev–Trinajstić information content (AvgIpc) is 3.76. The van der Waals surface area contributed by atoms with Gasteiger partial charge in [-0.1, -0.05) is 35.9 Å². The molecule has 4 aliphatic rings. The highest BCUT2D eigenvalue weighted by molar-refractivity contribution is 7.88. The molecule has 1 spiro atoms. The Morgan fingerprint density at radius 1 is 0.970 bits per heavy atom. The van der Waals surface area contributed by atoms with E-state index in [1.807, 2.05) is 42.5 Å². The largest absolute Gasteiger partial charge is 0.479 e. The number of aldehydes is 1. The van der Waals surface area contributed by atoms with Gasteiger partial charge in [-0.05, 0) is 85.7 Å². The van der Waals surface area contributed by atoms with Crippen LogP contribution in [0.25, 0.3) is 21.5 Å². The summed E-state index contributed by atoms with van der Waals surface area (Å²) in [6, 6.07) is 19.1. The number of aliphatic carboxylic acids is 1. The van der Waals surface area contributed by atoms with Crippen LogP contribution < -0.4 is 26.0 Å². The van der Waals surface area contributed by atoms with Crippen molar-refractivity contribution in [1.29, 1.82) is 0 Å². The second-order valence-electron chi connectivity index (χ2n) is 17.9. The Labute approximate surface area is 394 Å². The Morgan fingerprint density at radius 2 is 1.70 bits per heavy atom. The number of urea groups is 1. The maximum atomic E-state index is 13.6. The molecule has 3 N–H and O–H groups in total. The SMILES string of the molecule is Cn1c(=O)n(C2CCC[N+](=O)C2=O)c2ccc(N3CC4(CCN(C(=O)Nc5cccc(CS(=O)(=O)N6CCC(Nc7cccc(-c8sc(C=O)c(OCC(=O)O)c8Cl)c7)CC6)c5)CC4)C3)cc21. The molecule has 0 aliphatic carbocycles. The van der Waals surface area contributed by atoms with E-state index in [9.17, 15) is 37.3 Å². The second-order valence-corrected chi connectivity index (χ2v) is 21.2. The Kier molecular flexibility index (Phi) is 12.7. The maximum Gasteiger partial charge on any atom is 0.455 e. The van der Waals surface area contributed by atoms with Crippen molar-refractivity contribution >= 4 is 85.3 Å². The van der Waals surface area contributed by atoms with Crippen LogP contribution in [0.4, 0.5) is 21.9 Å². The minimum absolute atomic E-state index is 0.00545. The molecular formula is C46H50ClN8O10S2+. The van der Waals surface area contributed by atoms with Crippen molar-refractivity contribution in [2.24, 2.45) is 12.5 Å². The number of nitrogens with one attached hydrogen (secondary N) is 2. The van der Waals surface area contributed by atoms with Crippen molar-refractivity contribution in [1.82, 2.24) is 18.3 Å². The zero-order valence-corrected chi connectivity index (χ0v) is 39.1. The van der Waals surface area contributed by atoms with Crippen molar-refractivity contribution in [3.05, 3.63) is 97.6 Å². The lowest BCUT2D eigenvalue weighted by molar-refractivity contribution is -0.480. The van der Waals surface area contributed by atoms with E-state index in [1.165, 1.54) is 13.4 Å². The van der Waals surface area contributed by atoms with Gasteiger partial charge in [0.05, 0.1) is 26.4 Å². The molecule has 9 rings (SSSR count). The van der Waals surface area contributed by atoms with Crippen LogP contribution in [0.1, 0.15) is 59.8 Å². The fourth-order valence-corrected chi connectivity index (χ4v) is 12.8. The molecule has 352 valence electrons. The van der Waals surface area contributed by atoms with E-state index in [1.54, 1.807) is 36.2 Å². The minimum atomic E-state index is -3.67. The number of imidazole rings is 1. The topological polar surface area (TPSA) is 213 Å². The van der Waals surface area contributed by atoms with Gasteiger partial charge in [0.25, 0.3) is 0 Å². The third-order valence-corrected chi connectivity index (χ3v) is 16.9. The van der Waals surface area contributed by atoms with Gasteiger partial charge in [-0.3, -0.25) is 13.9 Å². The third-order valence-electron chi connectivity index (χ3n) is 13.4. The molecule has 0 bridgehead atoms. The molecule has 4 aliphatic heterocycles. The number of amides is 3. The predicted octanol–water partition coefficient (Wildman–Crippen LogP) is 6.18. The maximum absolute atomic E-state index is 13.6. The number of benzene rings is 3. The standard InChI is InChI=1S/C46H49ClN8O10S2/c1-50-37-23-34(10-11-35(37)55(45(50)61)36-9-4-16-54(62)43(36)59)52-27-46(28-52)14-19-51(20-15-46)44(60)49-32-7-2-5-29(21-32)26-67(63,64)53-17-12-31(13-18-53)48-33-8-3-6-30(22-33)42-40(47)41(38(24-56)66-42)65-25-39(57)58/h2-3,5-8,10-11,21-24,31,36,48H,4,9,12-20,25-28H2,1H3,(H-,49,57,58,60)/p+1. The molecule has 4 saturated heterocycles. The number of carbonyl (C=O) groups is 4. The quantitative estimate of drug-likeness (QED) is 0.0892. The van der Waals surface area contributed by atoms with Crippen molar-refractivity contribution in [3.63, 3.8) is 0 Å². The molecular weight excluding hydrogens is 924 g/mol. The monoisotopic (exact) mass is 973 g/mol. The number of aromatic nitrogens is 2. The number of hydrogen-bond donors (Lipinski definition) is 3. The molecule has 3 aromatic carbocycles. The number of carboxylic acids is 1. The van der Waals surface area contributed by atoms with Crippen LogP contribution >= 0.6 is 22.9 Å². The lowest BCUT2D eigenvalue weighted by Gasteiger charge is -2.55.